The van der Waals surface area contributed by atoms with Crippen LogP contribution in [0.4, 0.5) is 0 Å². The largest absolute Gasteiger partial charge is 0.377 e. The molecule has 3 atom stereocenters. The molecule has 3 unspecified atom stereocenters. The number of ether oxygens (including phenoxy) is 1. The van der Waals surface area contributed by atoms with Gasteiger partial charge in [0.1, 0.15) is 5.78 Å². The van der Waals surface area contributed by atoms with Crippen molar-refractivity contribution in [3.8, 4) is 0 Å². The second-order valence-corrected chi connectivity index (χ2v) is 5.69. The van der Waals surface area contributed by atoms with Crippen LogP contribution in [0.1, 0.15) is 39.0 Å². The highest BCUT2D eigenvalue weighted by Gasteiger charge is 2.31. The zero-order valence-corrected chi connectivity index (χ0v) is 9.52. The number of carbonyl (C=O) groups is 1. The third-order valence-corrected chi connectivity index (χ3v) is 4.94. The summed E-state index contributed by atoms with van der Waals surface area (Å²) in [6.45, 7) is 3.00. The van der Waals surface area contributed by atoms with Crippen LogP contribution in [-0.2, 0) is 9.53 Å². The van der Waals surface area contributed by atoms with Gasteiger partial charge in [-0.3, -0.25) is 4.79 Å². The van der Waals surface area contributed by atoms with Crippen LogP contribution in [0.15, 0.2) is 0 Å². The van der Waals surface area contributed by atoms with Crippen LogP contribution in [0, 0.1) is 0 Å². The van der Waals surface area contributed by atoms with Crippen LogP contribution in [-0.4, -0.2) is 29.0 Å². The van der Waals surface area contributed by atoms with Crippen molar-refractivity contribution in [3.05, 3.63) is 0 Å². The number of thioether (sulfide) groups is 1. The van der Waals surface area contributed by atoms with Gasteiger partial charge in [-0.1, -0.05) is 6.42 Å². The lowest BCUT2D eigenvalue weighted by atomic mass is 9.99. The van der Waals surface area contributed by atoms with Gasteiger partial charge in [-0.2, -0.15) is 0 Å². The molecule has 2 aliphatic rings. The molecule has 0 aromatic carbocycles. The predicted octanol–water partition coefficient (Wildman–Crippen LogP) is 2.41. The van der Waals surface area contributed by atoms with E-state index in [4.69, 9.17) is 4.74 Å². The van der Waals surface area contributed by atoms with Gasteiger partial charge < -0.3 is 4.74 Å². The van der Waals surface area contributed by atoms with Gasteiger partial charge in [0.25, 0.3) is 0 Å². The molecule has 1 heterocycles. The first-order chi connectivity index (χ1) is 6.77. The molecule has 14 heavy (non-hydrogen) atoms. The van der Waals surface area contributed by atoms with Crippen molar-refractivity contribution < 1.29 is 9.53 Å². The molecule has 80 valence electrons. The summed E-state index contributed by atoms with van der Waals surface area (Å²) >= 11 is 1.87. The summed E-state index contributed by atoms with van der Waals surface area (Å²) in [7, 11) is 0. The van der Waals surface area contributed by atoms with E-state index in [9.17, 15) is 4.79 Å². The summed E-state index contributed by atoms with van der Waals surface area (Å²) < 4.78 is 5.51. The van der Waals surface area contributed by atoms with Crippen molar-refractivity contribution in [3.63, 3.8) is 0 Å². The van der Waals surface area contributed by atoms with E-state index in [1.165, 1.54) is 6.42 Å². The van der Waals surface area contributed by atoms with Crippen LogP contribution < -0.4 is 0 Å². The Hall–Kier alpha value is -0.0200. The van der Waals surface area contributed by atoms with E-state index < -0.39 is 0 Å². The van der Waals surface area contributed by atoms with Crippen LogP contribution in [0.25, 0.3) is 0 Å². The third kappa shape index (κ3) is 2.31. The van der Waals surface area contributed by atoms with E-state index in [2.05, 4.69) is 6.92 Å². The Balaban J connectivity index is 1.86. The van der Waals surface area contributed by atoms with Gasteiger partial charge in [0.15, 0.2) is 0 Å². The average Bonchev–Trinajstić information content (AvgIpc) is 2.56. The van der Waals surface area contributed by atoms with Crippen LogP contribution in [0.5, 0.6) is 0 Å². The number of ketones is 1. The molecule has 3 heteroatoms. The molecule has 2 nitrogen and oxygen atoms in total. The number of hydrogen-bond donors (Lipinski definition) is 0. The van der Waals surface area contributed by atoms with E-state index in [1.807, 2.05) is 11.8 Å². The van der Waals surface area contributed by atoms with Gasteiger partial charge in [-0.25, -0.2) is 0 Å². The summed E-state index contributed by atoms with van der Waals surface area (Å²) in [5.74, 6) is 0.473. The second-order valence-electron chi connectivity index (χ2n) is 4.24. The molecule has 0 N–H and O–H groups in total. The maximum Gasteiger partial charge on any atom is 0.145 e. The highest BCUT2D eigenvalue weighted by atomic mass is 32.2. The SMILES string of the molecule is CC1OCCC1SC1CCCCC1=O. The molecular weight excluding hydrogens is 196 g/mol. The van der Waals surface area contributed by atoms with Gasteiger partial charge in [0.05, 0.1) is 11.4 Å². The van der Waals surface area contributed by atoms with E-state index in [0.717, 1.165) is 32.3 Å². The van der Waals surface area contributed by atoms with E-state index in [0.29, 0.717) is 17.1 Å². The van der Waals surface area contributed by atoms with Crippen molar-refractivity contribution >= 4 is 17.5 Å². The summed E-state index contributed by atoms with van der Waals surface area (Å²) in [5, 5.41) is 0.833. The lowest BCUT2D eigenvalue weighted by molar-refractivity contribution is -0.119. The van der Waals surface area contributed by atoms with Crippen molar-refractivity contribution in [2.45, 2.75) is 55.6 Å². The average molecular weight is 214 g/mol. The molecule has 0 aromatic rings. The number of rotatable bonds is 2. The molecule has 1 aliphatic heterocycles. The number of Topliss-reactive ketones (excluding diaryl/α,β-unsaturated/α-hetero) is 1. The molecule has 0 radical (unpaired) electrons. The molecule has 0 bridgehead atoms. The molecule has 2 fully saturated rings. The number of hydrogen-bond acceptors (Lipinski definition) is 3. The van der Waals surface area contributed by atoms with E-state index in [-0.39, 0.29) is 5.25 Å². The summed E-state index contributed by atoms with van der Waals surface area (Å²) in [4.78, 5) is 11.6. The first kappa shape index (κ1) is 10.5. The van der Waals surface area contributed by atoms with Gasteiger partial charge in [-0.15, -0.1) is 11.8 Å². The maximum absolute atomic E-state index is 11.6. The molecule has 0 spiro atoms. The highest BCUT2D eigenvalue weighted by molar-refractivity contribution is 8.01. The topological polar surface area (TPSA) is 26.3 Å². The van der Waals surface area contributed by atoms with Crippen LogP contribution in [0.2, 0.25) is 0 Å². The molecule has 0 amide bonds. The Bertz CT molecular complexity index is 217. The predicted molar refractivity (Wildman–Crippen MR) is 58.7 cm³/mol. The van der Waals surface area contributed by atoms with Crippen molar-refractivity contribution in [1.82, 2.24) is 0 Å². The lowest BCUT2D eigenvalue weighted by Crippen LogP contribution is -2.26. The standard InChI is InChI=1S/C11H18O2S/c1-8-10(6-7-13-8)14-11-5-3-2-4-9(11)12/h8,10-11H,2-7H2,1H3. The zero-order valence-electron chi connectivity index (χ0n) is 8.70. The minimum atomic E-state index is 0.276. The van der Waals surface area contributed by atoms with Gasteiger partial charge in [-0.05, 0) is 26.2 Å². The fourth-order valence-corrected chi connectivity index (χ4v) is 3.72. The Morgan fingerprint density at radius 1 is 1.36 bits per heavy atom. The minimum absolute atomic E-state index is 0.276. The van der Waals surface area contributed by atoms with Gasteiger partial charge in [0, 0.05) is 18.3 Å². The van der Waals surface area contributed by atoms with Crippen molar-refractivity contribution in [1.29, 1.82) is 0 Å². The smallest absolute Gasteiger partial charge is 0.145 e. The Morgan fingerprint density at radius 3 is 2.86 bits per heavy atom. The minimum Gasteiger partial charge on any atom is -0.377 e. The van der Waals surface area contributed by atoms with Crippen LogP contribution in [0.3, 0.4) is 0 Å². The maximum atomic E-state index is 11.6. The summed E-state index contributed by atoms with van der Waals surface area (Å²) in [5.41, 5.74) is 0. The Morgan fingerprint density at radius 2 is 2.21 bits per heavy atom. The quantitative estimate of drug-likeness (QED) is 0.706. The van der Waals surface area contributed by atoms with Crippen molar-refractivity contribution in [2.75, 3.05) is 6.61 Å². The molecule has 1 saturated heterocycles. The van der Waals surface area contributed by atoms with Gasteiger partial charge >= 0.3 is 0 Å². The molecule has 0 aromatic heterocycles. The molecular formula is C11H18O2S. The second kappa shape index (κ2) is 4.67. The van der Waals surface area contributed by atoms with Crippen LogP contribution >= 0.6 is 11.8 Å². The van der Waals surface area contributed by atoms with E-state index in [1.54, 1.807) is 0 Å². The first-order valence-electron chi connectivity index (χ1n) is 5.57. The molecule has 1 saturated carbocycles. The number of carbonyl (C=O) groups excluding carboxylic acids is 1. The van der Waals surface area contributed by atoms with Gasteiger partial charge in [0.2, 0.25) is 0 Å². The first-order valence-corrected chi connectivity index (χ1v) is 6.51. The Kier molecular flexibility index (Phi) is 3.50. The highest BCUT2D eigenvalue weighted by Crippen LogP contribution is 2.34. The van der Waals surface area contributed by atoms with Crippen molar-refractivity contribution in [2.24, 2.45) is 0 Å². The fourth-order valence-electron chi connectivity index (χ4n) is 2.20. The summed E-state index contributed by atoms with van der Waals surface area (Å²) in [6, 6.07) is 0. The fraction of sp³-hybridized carbons (Fsp3) is 0.909. The summed E-state index contributed by atoms with van der Waals surface area (Å²) in [6.07, 6.45) is 5.69. The monoisotopic (exact) mass is 214 g/mol. The third-order valence-electron chi connectivity index (χ3n) is 3.14. The molecule has 1 aliphatic carbocycles. The Labute approximate surface area is 89.8 Å². The molecule has 2 rings (SSSR count). The van der Waals surface area contributed by atoms with E-state index >= 15 is 0 Å². The lowest BCUT2D eigenvalue weighted by Gasteiger charge is -2.24. The normalized spacial score (nSPS) is 38.9. The zero-order chi connectivity index (χ0) is 9.97.